The molecule has 1 aliphatic heterocycles. The zero-order valence-corrected chi connectivity index (χ0v) is 17.5. The van der Waals surface area contributed by atoms with E-state index in [1.165, 1.54) is 12.1 Å². The Morgan fingerprint density at radius 3 is 2.41 bits per heavy atom. The third-order valence-electron chi connectivity index (χ3n) is 5.89. The van der Waals surface area contributed by atoms with Crippen LogP contribution in [-0.4, -0.2) is 10.6 Å². The molecule has 1 aromatic heterocycles. The number of benzene rings is 2. The summed E-state index contributed by atoms with van der Waals surface area (Å²) in [6.45, 7) is 10.9. The summed E-state index contributed by atoms with van der Waals surface area (Å²) in [5.41, 5.74) is 6.00. The zero-order chi connectivity index (χ0) is 20.8. The molecule has 1 atom stereocenters. The molecule has 0 fully saturated rings. The number of aromatic nitrogens is 1. The van der Waals surface area contributed by atoms with E-state index in [2.05, 4.69) is 39.6 Å². The Morgan fingerprint density at radius 1 is 1.03 bits per heavy atom. The number of nitrogens with zero attached hydrogens (tertiary/aromatic N) is 1. The maximum atomic E-state index is 13.5. The Bertz CT molecular complexity index is 1040. The van der Waals surface area contributed by atoms with Gasteiger partial charge in [0.2, 0.25) is 0 Å². The number of hydrogen-bond acceptors (Lipinski definition) is 3. The number of pyridine rings is 1. The minimum atomic E-state index is -0.440. The van der Waals surface area contributed by atoms with E-state index in [0.29, 0.717) is 6.61 Å². The number of rotatable bonds is 4. The van der Waals surface area contributed by atoms with E-state index in [1.54, 1.807) is 6.20 Å². The fourth-order valence-corrected chi connectivity index (χ4v) is 4.34. The van der Waals surface area contributed by atoms with Crippen molar-refractivity contribution >= 4 is 0 Å². The predicted molar refractivity (Wildman–Crippen MR) is 112 cm³/mol. The molecule has 0 spiro atoms. The molecule has 0 saturated heterocycles. The van der Waals surface area contributed by atoms with Crippen molar-refractivity contribution in [3.05, 3.63) is 88.0 Å². The minimum Gasteiger partial charge on any atom is -0.488 e. The second-order valence-electron chi connectivity index (χ2n) is 8.29. The first-order valence-corrected chi connectivity index (χ1v) is 9.89. The Morgan fingerprint density at radius 2 is 1.76 bits per heavy atom. The molecule has 0 aliphatic carbocycles. The van der Waals surface area contributed by atoms with Gasteiger partial charge < -0.3 is 9.47 Å². The molecule has 29 heavy (non-hydrogen) atoms. The molecular formula is C25H26FNO2. The van der Waals surface area contributed by atoms with Crippen molar-refractivity contribution in [2.45, 2.75) is 52.7 Å². The zero-order valence-electron chi connectivity index (χ0n) is 17.5. The van der Waals surface area contributed by atoms with Crippen LogP contribution < -0.4 is 9.47 Å². The molecule has 0 N–H and O–H groups in total. The molecule has 0 saturated carbocycles. The van der Waals surface area contributed by atoms with E-state index < -0.39 is 5.60 Å². The molecule has 0 bridgehead atoms. The molecule has 1 unspecified atom stereocenters. The molecule has 3 aromatic rings. The smallest absolute Gasteiger partial charge is 0.127 e. The minimum absolute atomic E-state index is 0.00172. The largest absolute Gasteiger partial charge is 0.488 e. The third-order valence-corrected chi connectivity index (χ3v) is 5.89. The van der Waals surface area contributed by atoms with Crippen LogP contribution in [0.3, 0.4) is 0 Å². The van der Waals surface area contributed by atoms with Gasteiger partial charge in [0, 0.05) is 23.5 Å². The lowest BCUT2D eigenvalue weighted by atomic mass is 9.78. The number of ether oxygens (including phenoxy) is 2. The summed E-state index contributed by atoms with van der Waals surface area (Å²) in [6, 6.07) is 10.6. The quantitative estimate of drug-likeness (QED) is 0.544. The van der Waals surface area contributed by atoms with Crippen LogP contribution in [0.25, 0.3) is 0 Å². The third kappa shape index (κ3) is 3.37. The van der Waals surface area contributed by atoms with Gasteiger partial charge in [-0.2, -0.15) is 0 Å². The predicted octanol–water partition coefficient (Wildman–Crippen LogP) is 6.03. The molecule has 2 heterocycles. The fourth-order valence-electron chi connectivity index (χ4n) is 4.34. The van der Waals surface area contributed by atoms with E-state index in [9.17, 15) is 4.39 Å². The summed E-state index contributed by atoms with van der Waals surface area (Å²) in [5.74, 6) is 1.58. The summed E-state index contributed by atoms with van der Waals surface area (Å²) in [6.07, 6.45) is 3.57. The average molecular weight is 391 g/mol. The molecule has 4 rings (SSSR count). The summed E-state index contributed by atoms with van der Waals surface area (Å²) in [7, 11) is 0. The van der Waals surface area contributed by atoms with Crippen molar-refractivity contribution in [3.63, 3.8) is 0 Å². The number of hydrogen-bond donors (Lipinski definition) is 0. The Kier molecular flexibility index (Phi) is 4.81. The Labute approximate surface area is 171 Å². The van der Waals surface area contributed by atoms with Gasteiger partial charge in [0.15, 0.2) is 0 Å². The van der Waals surface area contributed by atoms with Crippen molar-refractivity contribution < 1.29 is 13.9 Å². The Hall–Kier alpha value is -2.88. The Balaban J connectivity index is 1.81. The van der Waals surface area contributed by atoms with Gasteiger partial charge >= 0.3 is 0 Å². The van der Waals surface area contributed by atoms with Gasteiger partial charge in [0.05, 0.1) is 5.92 Å². The van der Waals surface area contributed by atoms with Gasteiger partial charge in [0.25, 0.3) is 0 Å². The van der Waals surface area contributed by atoms with Gasteiger partial charge in [-0.15, -0.1) is 0 Å². The topological polar surface area (TPSA) is 31.4 Å². The first-order chi connectivity index (χ1) is 13.8. The fraction of sp³-hybridized carbons (Fsp3) is 0.320. The number of halogens is 1. The average Bonchev–Trinajstić information content (AvgIpc) is 2.99. The molecule has 2 aromatic carbocycles. The van der Waals surface area contributed by atoms with E-state index in [0.717, 1.165) is 44.9 Å². The molecule has 3 nitrogen and oxygen atoms in total. The van der Waals surface area contributed by atoms with Gasteiger partial charge in [-0.05, 0) is 75.1 Å². The second-order valence-corrected chi connectivity index (χ2v) is 8.29. The summed E-state index contributed by atoms with van der Waals surface area (Å²) >= 11 is 0. The molecule has 0 amide bonds. The normalized spacial score (nSPS) is 17.0. The lowest BCUT2D eigenvalue weighted by Crippen LogP contribution is -2.31. The van der Waals surface area contributed by atoms with E-state index in [4.69, 9.17) is 9.47 Å². The van der Waals surface area contributed by atoms with Gasteiger partial charge in [-0.3, -0.25) is 4.98 Å². The SMILES string of the molecule is Cc1c(C)c2c(c(C)c1OCc1cccnc1)C(c1ccc(F)cc1)C(C)(C)O2. The van der Waals surface area contributed by atoms with E-state index >= 15 is 0 Å². The molecule has 0 radical (unpaired) electrons. The van der Waals surface area contributed by atoms with Gasteiger partial charge in [0.1, 0.15) is 29.5 Å². The van der Waals surface area contributed by atoms with Crippen LogP contribution in [-0.2, 0) is 6.61 Å². The standard InChI is InChI=1S/C25H26FNO2/c1-15-16(2)24-21(17(3)23(15)28-14-18-7-6-12-27-13-18)22(25(4,5)29-24)19-8-10-20(26)11-9-19/h6-13,22H,14H2,1-5H3. The van der Waals surface area contributed by atoms with E-state index in [1.807, 2.05) is 30.5 Å². The van der Waals surface area contributed by atoms with Crippen molar-refractivity contribution in [2.75, 3.05) is 0 Å². The molecule has 1 aliphatic rings. The van der Waals surface area contributed by atoms with Crippen molar-refractivity contribution in [3.8, 4) is 11.5 Å². The highest BCUT2D eigenvalue weighted by Gasteiger charge is 2.45. The van der Waals surface area contributed by atoms with Crippen molar-refractivity contribution in [1.82, 2.24) is 4.98 Å². The van der Waals surface area contributed by atoms with Crippen LogP contribution in [0.15, 0.2) is 48.8 Å². The lowest BCUT2D eigenvalue weighted by Gasteiger charge is -2.27. The van der Waals surface area contributed by atoms with Crippen LogP contribution in [0.5, 0.6) is 11.5 Å². The second kappa shape index (κ2) is 7.18. The number of fused-ring (bicyclic) bond motifs is 1. The maximum Gasteiger partial charge on any atom is 0.127 e. The summed E-state index contributed by atoms with van der Waals surface area (Å²) < 4.78 is 26.2. The van der Waals surface area contributed by atoms with Gasteiger partial charge in [-0.25, -0.2) is 4.39 Å². The van der Waals surface area contributed by atoms with Gasteiger partial charge in [-0.1, -0.05) is 18.2 Å². The van der Waals surface area contributed by atoms with Crippen molar-refractivity contribution in [2.24, 2.45) is 0 Å². The highest BCUT2D eigenvalue weighted by atomic mass is 19.1. The summed E-state index contributed by atoms with van der Waals surface area (Å²) in [4.78, 5) is 4.16. The van der Waals surface area contributed by atoms with Crippen LogP contribution in [0, 0.1) is 26.6 Å². The molecular weight excluding hydrogens is 365 g/mol. The lowest BCUT2D eigenvalue weighted by molar-refractivity contribution is 0.121. The first kappa shape index (κ1) is 19.4. The molecule has 4 heteroatoms. The van der Waals surface area contributed by atoms with Crippen LogP contribution >= 0.6 is 0 Å². The molecule has 150 valence electrons. The van der Waals surface area contributed by atoms with Crippen LogP contribution in [0.1, 0.15) is 53.1 Å². The highest BCUT2D eigenvalue weighted by molar-refractivity contribution is 5.64. The first-order valence-electron chi connectivity index (χ1n) is 9.89. The maximum absolute atomic E-state index is 13.5. The monoisotopic (exact) mass is 391 g/mol. The van der Waals surface area contributed by atoms with Crippen LogP contribution in [0.2, 0.25) is 0 Å². The summed E-state index contributed by atoms with van der Waals surface area (Å²) in [5, 5.41) is 0. The highest BCUT2D eigenvalue weighted by Crippen LogP contribution is 2.54. The van der Waals surface area contributed by atoms with Crippen LogP contribution in [0.4, 0.5) is 4.39 Å². The van der Waals surface area contributed by atoms with Crippen molar-refractivity contribution in [1.29, 1.82) is 0 Å². The van der Waals surface area contributed by atoms with E-state index in [-0.39, 0.29) is 11.7 Å².